The van der Waals surface area contributed by atoms with Crippen LogP contribution in [0.25, 0.3) is 5.69 Å². The summed E-state index contributed by atoms with van der Waals surface area (Å²) in [4.78, 5) is 13.2. The van der Waals surface area contributed by atoms with Crippen molar-refractivity contribution in [2.24, 2.45) is 0 Å². The first-order valence-corrected chi connectivity index (χ1v) is 7.16. The highest BCUT2D eigenvalue weighted by atomic mass is 32.2. The van der Waals surface area contributed by atoms with Gasteiger partial charge in [-0.1, -0.05) is 42.5 Å². The highest BCUT2D eigenvalue weighted by molar-refractivity contribution is 8.14. The second-order valence-electron chi connectivity index (χ2n) is 4.31. The maximum Gasteiger partial charge on any atom is 0.224 e. The normalized spacial score (nSPS) is 10.4. The van der Waals surface area contributed by atoms with Crippen molar-refractivity contribution >= 4 is 16.9 Å². The zero-order valence-electron chi connectivity index (χ0n) is 10.8. The van der Waals surface area contributed by atoms with Crippen molar-refractivity contribution in [1.29, 1.82) is 0 Å². The largest absolute Gasteiger partial charge is 0.323 e. The lowest BCUT2D eigenvalue weighted by molar-refractivity contribution is 0.108. The van der Waals surface area contributed by atoms with Gasteiger partial charge in [-0.3, -0.25) is 4.79 Å². The number of carbonyl (C=O) groups excluding carboxylic acids is 1. The van der Waals surface area contributed by atoms with E-state index in [-0.39, 0.29) is 5.12 Å². The van der Waals surface area contributed by atoms with Gasteiger partial charge in [-0.05, 0) is 36.0 Å². The number of aromatic nitrogens is 1. The van der Waals surface area contributed by atoms with E-state index in [9.17, 15) is 4.79 Å². The fourth-order valence-electron chi connectivity index (χ4n) is 1.98. The van der Waals surface area contributed by atoms with Crippen LogP contribution in [0.4, 0.5) is 0 Å². The van der Waals surface area contributed by atoms with E-state index in [1.807, 2.05) is 83.7 Å². The van der Waals surface area contributed by atoms with Gasteiger partial charge in [0.1, 0.15) is 0 Å². The van der Waals surface area contributed by atoms with E-state index in [4.69, 9.17) is 0 Å². The second-order valence-corrected chi connectivity index (χ2v) is 5.33. The highest BCUT2D eigenvalue weighted by Gasteiger charge is 2.11. The van der Waals surface area contributed by atoms with Gasteiger partial charge >= 0.3 is 0 Å². The van der Waals surface area contributed by atoms with Crippen LogP contribution < -0.4 is 0 Å². The van der Waals surface area contributed by atoms with Crippen LogP contribution in [0.15, 0.2) is 84.0 Å². The van der Waals surface area contributed by atoms with E-state index in [2.05, 4.69) is 0 Å². The quantitative estimate of drug-likeness (QED) is 0.662. The Kier molecular flexibility index (Phi) is 3.70. The zero-order chi connectivity index (χ0) is 13.8. The van der Waals surface area contributed by atoms with E-state index >= 15 is 0 Å². The third kappa shape index (κ3) is 2.68. The fraction of sp³-hybridized carbons (Fsp3) is 0. The average molecular weight is 279 g/mol. The Morgan fingerprint density at radius 3 is 2.20 bits per heavy atom. The topological polar surface area (TPSA) is 22.0 Å². The van der Waals surface area contributed by atoms with Crippen molar-refractivity contribution in [3.05, 3.63) is 84.7 Å². The zero-order valence-corrected chi connectivity index (χ0v) is 11.6. The molecule has 1 heterocycles. The summed E-state index contributed by atoms with van der Waals surface area (Å²) in [6.07, 6.45) is 3.96. The first-order chi connectivity index (χ1) is 9.84. The Balaban J connectivity index is 1.90. The second kappa shape index (κ2) is 5.80. The fourth-order valence-corrected chi connectivity index (χ4v) is 2.86. The molecule has 3 heteroatoms. The lowest BCUT2D eigenvalue weighted by Gasteiger charge is -2.09. The predicted octanol–water partition coefficient (Wildman–Crippen LogP) is 4.41. The van der Waals surface area contributed by atoms with Gasteiger partial charge in [0.2, 0.25) is 5.12 Å². The molecular formula is C17H13NOS. The van der Waals surface area contributed by atoms with Crippen LogP contribution in [0.1, 0.15) is 10.4 Å². The van der Waals surface area contributed by atoms with Crippen molar-refractivity contribution in [3.63, 3.8) is 0 Å². The SMILES string of the molecule is O=C(Sc1ccccc1-n1cccc1)c1ccccc1. The molecule has 0 aliphatic heterocycles. The van der Waals surface area contributed by atoms with Crippen LogP contribution >= 0.6 is 11.8 Å². The molecule has 0 saturated carbocycles. The molecule has 20 heavy (non-hydrogen) atoms. The minimum absolute atomic E-state index is 0.0604. The Morgan fingerprint density at radius 1 is 0.800 bits per heavy atom. The molecule has 98 valence electrons. The molecule has 3 aromatic rings. The van der Waals surface area contributed by atoms with Gasteiger partial charge < -0.3 is 4.57 Å². The van der Waals surface area contributed by atoms with Crippen LogP contribution in [-0.4, -0.2) is 9.68 Å². The Labute approximate surface area is 122 Å². The van der Waals surface area contributed by atoms with Crippen molar-refractivity contribution in [2.75, 3.05) is 0 Å². The van der Waals surface area contributed by atoms with Crippen molar-refractivity contribution in [3.8, 4) is 5.69 Å². The van der Waals surface area contributed by atoms with Gasteiger partial charge in [0.05, 0.1) is 5.69 Å². The molecule has 0 radical (unpaired) electrons. The van der Waals surface area contributed by atoms with Gasteiger partial charge in [-0.25, -0.2) is 0 Å². The van der Waals surface area contributed by atoms with E-state index in [1.165, 1.54) is 11.8 Å². The Hall–Kier alpha value is -2.26. The standard InChI is InChI=1S/C17H13NOS/c19-17(14-8-2-1-3-9-14)20-16-11-5-4-10-15(16)18-12-6-7-13-18/h1-13H. The van der Waals surface area contributed by atoms with Gasteiger partial charge in [0.25, 0.3) is 0 Å². The minimum Gasteiger partial charge on any atom is -0.323 e. The van der Waals surface area contributed by atoms with Crippen LogP contribution in [0.3, 0.4) is 0 Å². The smallest absolute Gasteiger partial charge is 0.224 e. The molecule has 0 unspecified atom stereocenters. The van der Waals surface area contributed by atoms with Gasteiger partial charge in [0.15, 0.2) is 0 Å². The predicted molar refractivity (Wildman–Crippen MR) is 82.4 cm³/mol. The summed E-state index contributed by atoms with van der Waals surface area (Å²) < 4.78 is 2.01. The molecule has 0 saturated heterocycles. The maximum absolute atomic E-state index is 12.3. The third-order valence-electron chi connectivity index (χ3n) is 2.96. The molecule has 0 aliphatic rings. The number of hydrogen-bond acceptors (Lipinski definition) is 2. The Morgan fingerprint density at radius 2 is 1.45 bits per heavy atom. The molecule has 2 aromatic carbocycles. The lowest BCUT2D eigenvalue weighted by Crippen LogP contribution is -1.97. The summed E-state index contributed by atoms with van der Waals surface area (Å²) in [6.45, 7) is 0. The molecule has 0 N–H and O–H groups in total. The number of para-hydroxylation sites is 1. The van der Waals surface area contributed by atoms with Crippen molar-refractivity contribution in [1.82, 2.24) is 4.57 Å². The van der Waals surface area contributed by atoms with Crippen LogP contribution in [0.5, 0.6) is 0 Å². The summed E-state index contributed by atoms with van der Waals surface area (Å²) in [5.74, 6) is 0. The van der Waals surface area contributed by atoms with Crippen LogP contribution in [-0.2, 0) is 0 Å². The molecule has 0 spiro atoms. The summed E-state index contributed by atoms with van der Waals surface area (Å²) >= 11 is 1.26. The monoisotopic (exact) mass is 279 g/mol. The Bertz CT molecular complexity index is 705. The molecule has 0 aliphatic carbocycles. The number of carbonyl (C=O) groups is 1. The molecule has 0 bridgehead atoms. The molecular weight excluding hydrogens is 266 g/mol. The highest BCUT2D eigenvalue weighted by Crippen LogP contribution is 2.28. The summed E-state index contributed by atoms with van der Waals surface area (Å²) in [5, 5.41) is 0.0604. The number of hydrogen-bond donors (Lipinski definition) is 0. The molecule has 1 aromatic heterocycles. The van der Waals surface area contributed by atoms with Gasteiger partial charge in [-0.15, -0.1) is 0 Å². The van der Waals surface area contributed by atoms with E-state index in [0.29, 0.717) is 0 Å². The van der Waals surface area contributed by atoms with Gasteiger partial charge in [0, 0.05) is 22.9 Å². The maximum atomic E-state index is 12.3. The van der Waals surface area contributed by atoms with Crippen molar-refractivity contribution in [2.45, 2.75) is 4.90 Å². The minimum atomic E-state index is 0.0604. The number of benzene rings is 2. The summed E-state index contributed by atoms with van der Waals surface area (Å²) in [7, 11) is 0. The number of rotatable bonds is 3. The summed E-state index contributed by atoms with van der Waals surface area (Å²) in [6, 6.07) is 21.2. The van der Waals surface area contributed by atoms with E-state index in [1.54, 1.807) is 0 Å². The van der Waals surface area contributed by atoms with Gasteiger partial charge in [-0.2, -0.15) is 0 Å². The molecule has 0 fully saturated rings. The molecule has 2 nitrogen and oxygen atoms in total. The molecule has 0 atom stereocenters. The van der Waals surface area contributed by atoms with Crippen LogP contribution in [0.2, 0.25) is 0 Å². The number of thioether (sulfide) groups is 1. The molecule has 3 rings (SSSR count). The third-order valence-corrected chi connectivity index (χ3v) is 3.95. The summed E-state index contributed by atoms with van der Waals surface area (Å²) in [5.41, 5.74) is 1.74. The lowest BCUT2D eigenvalue weighted by atomic mass is 10.2. The van der Waals surface area contributed by atoms with E-state index in [0.717, 1.165) is 16.1 Å². The average Bonchev–Trinajstić information content (AvgIpc) is 3.03. The first-order valence-electron chi connectivity index (χ1n) is 6.34. The van der Waals surface area contributed by atoms with E-state index < -0.39 is 0 Å². The van der Waals surface area contributed by atoms with Crippen LogP contribution in [0, 0.1) is 0 Å². The first kappa shape index (κ1) is 12.8. The number of nitrogens with zero attached hydrogens (tertiary/aromatic N) is 1. The molecule has 0 amide bonds. The van der Waals surface area contributed by atoms with Crippen molar-refractivity contribution < 1.29 is 4.79 Å².